The maximum atomic E-state index is 12.3. The van der Waals surface area contributed by atoms with Gasteiger partial charge in [-0.1, -0.05) is 6.92 Å². The maximum absolute atomic E-state index is 12.3. The fourth-order valence-electron chi connectivity index (χ4n) is 2.15. The second-order valence-corrected chi connectivity index (χ2v) is 9.87. The lowest BCUT2D eigenvalue weighted by atomic mass is 10.1. The van der Waals surface area contributed by atoms with E-state index in [9.17, 15) is 8.42 Å². The fraction of sp³-hybridized carbons (Fsp3) is 0.692. The van der Waals surface area contributed by atoms with Gasteiger partial charge in [0.2, 0.25) is 10.0 Å². The number of hydrogen-bond acceptors (Lipinski definition) is 5. The van der Waals surface area contributed by atoms with E-state index in [0.717, 1.165) is 30.8 Å². The molecule has 1 fully saturated rings. The molecule has 7 heteroatoms. The van der Waals surface area contributed by atoms with Crippen LogP contribution in [0.25, 0.3) is 0 Å². The topological polar surface area (TPSA) is 58.2 Å². The molecule has 1 aliphatic heterocycles. The third-order valence-corrected chi connectivity index (χ3v) is 7.84. The summed E-state index contributed by atoms with van der Waals surface area (Å²) in [7, 11) is -3.36. The molecule has 0 spiro atoms. The van der Waals surface area contributed by atoms with Gasteiger partial charge in [-0.2, -0.15) is 11.8 Å². The average Bonchev–Trinajstić information content (AvgIpc) is 3.04. The number of thioether (sulfide) groups is 1. The van der Waals surface area contributed by atoms with E-state index in [1.165, 1.54) is 17.8 Å². The molecule has 2 rings (SSSR count). The molecule has 1 aromatic heterocycles. The van der Waals surface area contributed by atoms with Gasteiger partial charge in [-0.15, -0.1) is 11.3 Å². The minimum atomic E-state index is -3.36. The van der Waals surface area contributed by atoms with Gasteiger partial charge < -0.3 is 5.32 Å². The van der Waals surface area contributed by atoms with E-state index in [4.69, 9.17) is 0 Å². The van der Waals surface area contributed by atoms with Crippen molar-refractivity contribution < 1.29 is 8.42 Å². The SMILES string of the molecule is CCNCc1csc(S(=O)(=O)NCC2(C)CCCS2)c1. The third kappa shape index (κ3) is 4.21. The highest BCUT2D eigenvalue weighted by Crippen LogP contribution is 2.37. The van der Waals surface area contributed by atoms with Crippen molar-refractivity contribution in [1.29, 1.82) is 0 Å². The summed E-state index contributed by atoms with van der Waals surface area (Å²) >= 11 is 3.15. The van der Waals surface area contributed by atoms with Crippen molar-refractivity contribution in [2.75, 3.05) is 18.8 Å². The average molecular weight is 335 g/mol. The van der Waals surface area contributed by atoms with E-state index in [2.05, 4.69) is 17.0 Å². The predicted octanol–water partition coefficient (Wildman–Crippen LogP) is 2.42. The maximum Gasteiger partial charge on any atom is 0.250 e. The first kappa shape index (κ1) is 16.3. The van der Waals surface area contributed by atoms with Crippen molar-refractivity contribution in [2.24, 2.45) is 0 Å². The highest BCUT2D eigenvalue weighted by molar-refractivity contribution is 8.01. The molecule has 4 nitrogen and oxygen atoms in total. The van der Waals surface area contributed by atoms with E-state index in [-0.39, 0.29) is 4.75 Å². The molecule has 0 radical (unpaired) electrons. The quantitative estimate of drug-likeness (QED) is 0.804. The normalized spacial score (nSPS) is 23.3. The number of hydrogen-bond donors (Lipinski definition) is 2. The van der Waals surface area contributed by atoms with Gasteiger partial charge in [0.15, 0.2) is 0 Å². The summed E-state index contributed by atoms with van der Waals surface area (Å²) in [6.45, 7) is 6.28. The van der Waals surface area contributed by atoms with Gasteiger partial charge in [0.25, 0.3) is 0 Å². The smallest absolute Gasteiger partial charge is 0.250 e. The molecule has 0 aliphatic carbocycles. The summed E-state index contributed by atoms with van der Waals surface area (Å²) in [5, 5.41) is 5.11. The molecule has 2 heterocycles. The minimum Gasteiger partial charge on any atom is -0.313 e. The molecule has 2 N–H and O–H groups in total. The van der Waals surface area contributed by atoms with Gasteiger partial charge >= 0.3 is 0 Å². The number of nitrogens with one attached hydrogen (secondary N) is 2. The second-order valence-electron chi connectivity index (χ2n) is 5.28. The first-order valence-corrected chi connectivity index (χ1v) is 10.2. The zero-order chi connectivity index (χ0) is 14.6. The van der Waals surface area contributed by atoms with Crippen molar-refractivity contribution in [1.82, 2.24) is 10.0 Å². The van der Waals surface area contributed by atoms with E-state index in [0.29, 0.717) is 10.8 Å². The van der Waals surface area contributed by atoms with Crippen LogP contribution in [0.1, 0.15) is 32.3 Å². The van der Waals surface area contributed by atoms with E-state index >= 15 is 0 Å². The standard InChI is InChI=1S/C13H22N2O2S3/c1-3-14-8-11-7-12(18-9-11)20(16,17)15-10-13(2)5-4-6-19-13/h7,9,14-15H,3-6,8,10H2,1-2H3. The molecule has 20 heavy (non-hydrogen) atoms. The zero-order valence-corrected chi connectivity index (χ0v) is 14.4. The summed E-state index contributed by atoms with van der Waals surface area (Å²) < 4.78 is 27.8. The van der Waals surface area contributed by atoms with Gasteiger partial charge in [0.1, 0.15) is 4.21 Å². The van der Waals surface area contributed by atoms with Crippen molar-refractivity contribution in [3.8, 4) is 0 Å². The van der Waals surface area contributed by atoms with E-state index in [1.807, 2.05) is 24.1 Å². The van der Waals surface area contributed by atoms with Crippen molar-refractivity contribution in [3.63, 3.8) is 0 Å². The molecular weight excluding hydrogens is 312 g/mol. The van der Waals surface area contributed by atoms with Crippen LogP contribution in [0.2, 0.25) is 0 Å². The first-order chi connectivity index (χ1) is 9.45. The number of rotatable bonds is 7. The Morgan fingerprint density at radius 2 is 2.25 bits per heavy atom. The minimum absolute atomic E-state index is 0.0525. The molecular formula is C13H22N2O2S3. The Hall–Kier alpha value is -0.0800. The van der Waals surface area contributed by atoms with Crippen LogP contribution in [-0.2, 0) is 16.6 Å². The lowest BCUT2D eigenvalue weighted by molar-refractivity contribution is 0.554. The van der Waals surface area contributed by atoms with Crippen LogP contribution in [-0.4, -0.2) is 32.0 Å². The largest absolute Gasteiger partial charge is 0.313 e. The van der Waals surface area contributed by atoms with E-state index in [1.54, 1.807) is 6.07 Å². The van der Waals surface area contributed by atoms with Gasteiger partial charge in [0.05, 0.1) is 0 Å². The lowest BCUT2D eigenvalue weighted by Gasteiger charge is -2.22. The van der Waals surface area contributed by atoms with Gasteiger partial charge in [-0.3, -0.25) is 0 Å². The predicted molar refractivity (Wildman–Crippen MR) is 87.0 cm³/mol. The first-order valence-electron chi connectivity index (χ1n) is 6.87. The lowest BCUT2D eigenvalue weighted by Crippen LogP contribution is -2.36. The van der Waals surface area contributed by atoms with Crippen LogP contribution in [0.15, 0.2) is 15.7 Å². The highest BCUT2D eigenvalue weighted by atomic mass is 32.2. The molecule has 0 aromatic carbocycles. The number of sulfonamides is 1. The summed E-state index contributed by atoms with van der Waals surface area (Å²) in [6, 6.07) is 1.76. The molecule has 0 amide bonds. The molecule has 1 unspecified atom stereocenters. The van der Waals surface area contributed by atoms with Crippen molar-refractivity contribution in [2.45, 2.75) is 42.2 Å². The van der Waals surface area contributed by atoms with Crippen LogP contribution in [0.4, 0.5) is 0 Å². The van der Waals surface area contributed by atoms with Crippen LogP contribution in [0.3, 0.4) is 0 Å². The van der Waals surface area contributed by atoms with Crippen LogP contribution in [0, 0.1) is 0 Å². The van der Waals surface area contributed by atoms with Crippen molar-refractivity contribution >= 4 is 33.1 Å². The fourth-order valence-corrected chi connectivity index (χ4v) is 5.91. The molecule has 1 atom stereocenters. The Bertz CT molecular complexity index is 534. The highest BCUT2D eigenvalue weighted by Gasteiger charge is 2.31. The van der Waals surface area contributed by atoms with E-state index < -0.39 is 10.0 Å². The molecule has 1 saturated heterocycles. The summed E-state index contributed by atoms with van der Waals surface area (Å²) in [5.74, 6) is 1.13. The van der Waals surface area contributed by atoms with Crippen LogP contribution in [0.5, 0.6) is 0 Å². The zero-order valence-electron chi connectivity index (χ0n) is 11.9. The molecule has 0 saturated carbocycles. The van der Waals surface area contributed by atoms with Gasteiger partial charge in [0, 0.05) is 17.8 Å². The Balaban J connectivity index is 1.97. The Labute approximate surface area is 129 Å². The Morgan fingerprint density at radius 1 is 1.45 bits per heavy atom. The van der Waals surface area contributed by atoms with Crippen LogP contribution < -0.4 is 10.0 Å². The Morgan fingerprint density at radius 3 is 2.90 bits per heavy atom. The van der Waals surface area contributed by atoms with Gasteiger partial charge in [-0.05, 0) is 49.1 Å². The summed E-state index contributed by atoms with van der Waals surface area (Å²) in [5.41, 5.74) is 1.03. The molecule has 114 valence electrons. The summed E-state index contributed by atoms with van der Waals surface area (Å²) in [6.07, 6.45) is 2.25. The third-order valence-electron chi connectivity index (χ3n) is 3.41. The molecule has 1 aromatic rings. The second kappa shape index (κ2) is 6.79. The number of thiophene rings is 1. The Kier molecular flexibility index (Phi) is 5.53. The molecule has 1 aliphatic rings. The van der Waals surface area contributed by atoms with Crippen LogP contribution >= 0.6 is 23.1 Å². The monoisotopic (exact) mass is 334 g/mol. The van der Waals surface area contributed by atoms with Crippen molar-refractivity contribution in [3.05, 3.63) is 17.0 Å². The van der Waals surface area contributed by atoms with Gasteiger partial charge in [-0.25, -0.2) is 13.1 Å². The molecule has 0 bridgehead atoms. The summed E-state index contributed by atoms with van der Waals surface area (Å²) in [4.78, 5) is 0.